The zero-order valence-electron chi connectivity index (χ0n) is 22.8. The number of nitrogens with zero attached hydrogens (tertiary/aromatic N) is 3. The quantitative estimate of drug-likeness (QED) is 0.272. The maximum absolute atomic E-state index is 12.7. The van der Waals surface area contributed by atoms with Crippen LogP contribution in [0.15, 0.2) is 60.9 Å². The fraction of sp³-hybridized carbons (Fsp3) is 0.387. The van der Waals surface area contributed by atoms with E-state index in [0.717, 1.165) is 71.1 Å². The minimum Gasteiger partial charge on any atom is -0.444 e. The van der Waals surface area contributed by atoms with Crippen LogP contribution in [0.25, 0.3) is 33.6 Å². The zero-order chi connectivity index (χ0) is 27.0. The Morgan fingerprint density at radius 2 is 1.38 bits per heavy atom. The van der Waals surface area contributed by atoms with Crippen molar-refractivity contribution in [3.8, 4) is 33.6 Å². The normalized spacial score (nSPS) is 19.5. The number of aromatic amines is 2. The molecular formula is C31H36N6O2. The van der Waals surface area contributed by atoms with Crippen molar-refractivity contribution in [2.45, 2.75) is 64.1 Å². The van der Waals surface area contributed by atoms with Crippen LogP contribution < -0.4 is 5.32 Å². The van der Waals surface area contributed by atoms with Crippen LogP contribution in [0, 0.1) is 0 Å². The average Bonchev–Trinajstić information content (AvgIpc) is 3.74. The number of imidazole rings is 2. The number of likely N-dealkylation sites (tertiary alicyclic amines) is 1. The molecule has 202 valence electrons. The van der Waals surface area contributed by atoms with Gasteiger partial charge in [0.2, 0.25) is 0 Å². The van der Waals surface area contributed by atoms with Crippen LogP contribution in [0.1, 0.15) is 70.2 Å². The summed E-state index contributed by atoms with van der Waals surface area (Å²) in [6.45, 7) is 7.42. The van der Waals surface area contributed by atoms with E-state index in [0.29, 0.717) is 12.6 Å². The number of carbonyl (C=O) groups is 1. The first-order valence-electron chi connectivity index (χ1n) is 13.9. The van der Waals surface area contributed by atoms with Crippen LogP contribution in [0.3, 0.4) is 0 Å². The second kappa shape index (κ2) is 10.3. The Bertz CT molecular complexity index is 1420. The summed E-state index contributed by atoms with van der Waals surface area (Å²) in [5.74, 6) is 1.83. The highest BCUT2D eigenvalue weighted by molar-refractivity contribution is 5.72. The van der Waals surface area contributed by atoms with Crippen molar-refractivity contribution in [3.63, 3.8) is 0 Å². The summed E-state index contributed by atoms with van der Waals surface area (Å²) in [5.41, 5.74) is 5.96. The van der Waals surface area contributed by atoms with Gasteiger partial charge in [-0.3, -0.25) is 4.90 Å². The minimum absolute atomic E-state index is 0.0910. The molecule has 2 aliphatic heterocycles. The van der Waals surface area contributed by atoms with E-state index < -0.39 is 5.60 Å². The summed E-state index contributed by atoms with van der Waals surface area (Å²) < 4.78 is 5.61. The lowest BCUT2D eigenvalue weighted by atomic mass is 10.0. The fourth-order valence-electron chi connectivity index (χ4n) is 5.51. The zero-order valence-corrected chi connectivity index (χ0v) is 22.8. The van der Waals surface area contributed by atoms with Crippen molar-refractivity contribution < 1.29 is 9.53 Å². The third-order valence-corrected chi connectivity index (χ3v) is 7.50. The van der Waals surface area contributed by atoms with Gasteiger partial charge in [0.15, 0.2) is 0 Å². The van der Waals surface area contributed by atoms with Gasteiger partial charge in [0.25, 0.3) is 0 Å². The van der Waals surface area contributed by atoms with E-state index in [9.17, 15) is 4.79 Å². The third-order valence-electron chi connectivity index (χ3n) is 7.50. The molecule has 0 aliphatic carbocycles. The number of ether oxygens (including phenoxy) is 1. The SMILES string of the molecule is CC(C)(C)OC(=O)N1CCC[C@H]1c1ncc(-c2ccc(-c3ccc(-c4cnc([C@@H]5CCCN5)[nH]4)cc3)cc2)[nH]1. The minimum atomic E-state index is -0.518. The first-order valence-corrected chi connectivity index (χ1v) is 13.9. The molecule has 8 nitrogen and oxygen atoms in total. The number of amides is 1. The number of hydrogen-bond acceptors (Lipinski definition) is 5. The van der Waals surface area contributed by atoms with Gasteiger partial charge in [-0.05, 0) is 75.3 Å². The predicted molar refractivity (Wildman–Crippen MR) is 152 cm³/mol. The molecule has 0 radical (unpaired) electrons. The van der Waals surface area contributed by atoms with Gasteiger partial charge < -0.3 is 20.0 Å². The Balaban J connectivity index is 1.13. The Hall–Kier alpha value is -3.91. The molecule has 2 aliphatic rings. The van der Waals surface area contributed by atoms with E-state index in [1.54, 1.807) is 4.90 Å². The number of benzene rings is 2. The molecule has 1 amide bonds. The highest BCUT2D eigenvalue weighted by atomic mass is 16.6. The standard InChI is InChI=1S/C31H36N6O2/c1-31(2,3)39-30(38)37-17-5-7-27(37)29-34-19-26(36-29)23-14-10-21(11-15-23)20-8-12-22(13-9-20)25-18-33-28(35-25)24-6-4-16-32-24/h8-15,18-19,24,27,32H,4-7,16-17H2,1-3H3,(H,33,35)(H,34,36)/t24-,27-/m0/s1. The van der Waals surface area contributed by atoms with E-state index in [1.807, 2.05) is 33.2 Å². The van der Waals surface area contributed by atoms with Gasteiger partial charge in [-0.2, -0.15) is 0 Å². The van der Waals surface area contributed by atoms with Gasteiger partial charge in [-0.15, -0.1) is 0 Å². The summed E-state index contributed by atoms with van der Waals surface area (Å²) in [5, 5.41) is 3.49. The summed E-state index contributed by atoms with van der Waals surface area (Å²) >= 11 is 0. The first kappa shape index (κ1) is 25.4. The summed E-state index contributed by atoms with van der Waals surface area (Å²) in [4.78, 5) is 30.7. The van der Waals surface area contributed by atoms with Crippen molar-refractivity contribution in [3.05, 3.63) is 72.6 Å². The topological polar surface area (TPSA) is 98.9 Å². The van der Waals surface area contributed by atoms with Crippen LogP contribution in [-0.4, -0.2) is 49.6 Å². The largest absolute Gasteiger partial charge is 0.444 e. The number of rotatable bonds is 5. The van der Waals surface area contributed by atoms with Crippen molar-refractivity contribution in [1.82, 2.24) is 30.2 Å². The molecular weight excluding hydrogens is 488 g/mol. The molecule has 3 N–H and O–H groups in total. The van der Waals surface area contributed by atoms with E-state index in [2.05, 4.69) is 73.8 Å². The van der Waals surface area contributed by atoms with Gasteiger partial charge in [0.1, 0.15) is 17.2 Å². The van der Waals surface area contributed by atoms with E-state index >= 15 is 0 Å². The van der Waals surface area contributed by atoms with Crippen LogP contribution in [0.5, 0.6) is 0 Å². The van der Waals surface area contributed by atoms with Gasteiger partial charge in [0.05, 0.1) is 35.9 Å². The summed E-state index contributed by atoms with van der Waals surface area (Å²) in [6, 6.07) is 17.3. The van der Waals surface area contributed by atoms with Crippen LogP contribution in [0.4, 0.5) is 4.79 Å². The lowest BCUT2D eigenvalue weighted by Gasteiger charge is -2.27. The lowest BCUT2D eigenvalue weighted by Crippen LogP contribution is -2.36. The van der Waals surface area contributed by atoms with Crippen molar-refractivity contribution in [2.75, 3.05) is 13.1 Å². The maximum atomic E-state index is 12.7. The lowest BCUT2D eigenvalue weighted by molar-refractivity contribution is 0.0218. The van der Waals surface area contributed by atoms with Crippen molar-refractivity contribution in [1.29, 1.82) is 0 Å². The molecule has 2 aromatic carbocycles. The maximum Gasteiger partial charge on any atom is 0.410 e. The molecule has 0 spiro atoms. The van der Waals surface area contributed by atoms with E-state index in [-0.39, 0.29) is 12.1 Å². The van der Waals surface area contributed by atoms with E-state index in [4.69, 9.17) is 4.74 Å². The Kier molecular flexibility index (Phi) is 6.73. The Labute approximate surface area is 229 Å². The number of aromatic nitrogens is 4. The van der Waals surface area contributed by atoms with Crippen molar-refractivity contribution >= 4 is 6.09 Å². The van der Waals surface area contributed by atoms with Gasteiger partial charge in [-0.25, -0.2) is 14.8 Å². The van der Waals surface area contributed by atoms with E-state index in [1.165, 1.54) is 6.42 Å². The van der Waals surface area contributed by atoms with Crippen LogP contribution >= 0.6 is 0 Å². The molecule has 8 heteroatoms. The van der Waals surface area contributed by atoms with Crippen molar-refractivity contribution in [2.24, 2.45) is 0 Å². The van der Waals surface area contributed by atoms with Crippen LogP contribution in [0.2, 0.25) is 0 Å². The third kappa shape index (κ3) is 5.47. The Morgan fingerprint density at radius 3 is 1.95 bits per heavy atom. The molecule has 0 unspecified atom stereocenters. The smallest absolute Gasteiger partial charge is 0.410 e. The monoisotopic (exact) mass is 524 g/mol. The highest BCUT2D eigenvalue weighted by Crippen LogP contribution is 2.33. The first-order chi connectivity index (χ1) is 18.8. The second-order valence-corrected chi connectivity index (χ2v) is 11.5. The van der Waals surface area contributed by atoms with Gasteiger partial charge >= 0.3 is 6.09 Å². The molecule has 2 aromatic heterocycles. The Morgan fingerprint density at radius 1 is 0.821 bits per heavy atom. The molecule has 4 aromatic rings. The number of hydrogen-bond donors (Lipinski definition) is 3. The molecule has 0 saturated carbocycles. The highest BCUT2D eigenvalue weighted by Gasteiger charge is 2.34. The average molecular weight is 525 g/mol. The fourth-order valence-corrected chi connectivity index (χ4v) is 5.51. The van der Waals surface area contributed by atoms with Crippen LogP contribution in [-0.2, 0) is 4.74 Å². The molecule has 2 atom stereocenters. The molecule has 6 rings (SSSR count). The molecule has 2 saturated heterocycles. The molecule has 39 heavy (non-hydrogen) atoms. The van der Waals surface area contributed by atoms with Gasteiger partial charge in [0, 0.05) is 6.54 Å². The summed E-state index contributed by atoms with van der Waals surface area (Å²) in [7, 11) is 0. The molecule has 2 fully saturated rings. The number of H-pyrrole nitrogens is 2. The molecule has 4 heterocycles. The predicted octanol–water partition coefficient (Wildman–Crippen LogP) is 6.63. The summed E-state index contributed by atoms with van der Waals surface area (Å²) in [6.07, 6.45) is 7.64. The van der Waals surface area contributed by atoms with Gasteiger partial charge in [-0.1, -0.05) is 48.5 Å². The number of nitrogens with one attached hydrogen (secondary N) is 3. The second-order valence-electron chi connectivity index (χ2n) is 11.5. The molecule has 0 bridgehead atoms. The number of carbonyl (C=O) groups excluding carboxylic acids is 1.